The van der Waals surface area contributed by atoms with E-state index < -0.39 is 0 Å². The van der Waals surface area contributed by atoms with Crippen molar-refractivity contribution in [3.63, 3.8) is 0 Å². The maximum absolute atomic E-state index is 11.4. The highest BCUT2D eigenvalue weighted by Gasteiger charge is 2.51. The van der Waals surface area contributed by atoms with Crippen molar-refractivity contribution in [1.29, 1.82) is 0 Å². The molecule has 0 aromatic heterocycles. The second-order valence-corrected chi connectivity index (χ2v) is 8.53. The van der Waals surface area contributed by atoms with Gasteiger partial charge < -0.3 is 14.6 Å². The van der Waals surface area contributed by atoms with Crippen LogP contribution in [0.3, 0.4) is 0 Å². The van der Waals surface area contributed by atoms with Gasteiger partial charge in [-0.05, 0) is 63.9 Å². The Labute approximate surface area is 151 Å². The first kappa shape index (κ1) is 18.5. The largest absolute Gasteiger partial charge is 0.494 e. The standard InChI is InChI=1S/C20H30BNO3/c1-14(23)22-18-8-6-7-16(18)13-15-9-11-17(12-10-15)21-24-19(2,3)20(4,5)25-21/h9-12,16,18H,6-8,13H2,1-5H3,(H,22,23). The molecule has 2 unspecified atom stereocenters. The Morgan fingerprint density at radius 2 is 1.72 bits per heavy atom. The fraction of sp³-hybridized carbons (Fsp3) is 0.650. The molecule has 2 fully saturated rings. The van der Waals surface area contributed by atoms with Crippen LogP contribution >= 0.6 is 0 Å². The Hall–Kier alpha value is -1.33. The molecule has 1 aromatic carbocycles. The number of carbonyl (C=O) groups excluding carboxylic acids is 1. The average molecular weight is 343 g/mol. The molecule has 1 aliphatic heterocycles. The second kappa shape index (κ2) is 6.77. The lowest BCUT2D eigenvalue weighted by Gasteiger charge is -2.32. The summed E-state index contributed by atoms with van der Waals surface area (Å²) in [4.78, 5) is 11.4. The van der Waals surface area contributed by atoms with Gasteiger partial charge in [0.15, 0.2) is 0 Å². The first-order chi connectivity index (χ1) is 11.7. The number of hydrogen-bond donors (Lipinski definition) is 1. The third kappa shape index (κ3) is 3.93. The van der Waals surface area contributed by atoms with Crippen LogP contribution in [0.5, 0.6) is 0 Å². The number of hydrogen-bond acceptors (Lipinski definition) is 3. The lowest BCUT2D eigenvalue weighted by molar-refractivity contribution is -0.119. The van der Waals surface area contributed by atoms with Gasteiger partial charge in [-0.2, -0.15) is 0 Å². The maximum Gasteiger partial charge on any atom is 0.494 e. The highest BCUT2D eigenvalue weighted by atomic mass is 16.7. The molecule has 1 N–H and O–H groups in total. The Morgan fingerprint density at radius 3 is 2.28 bits per heavy atom. The average Bonchev–Trinajstić information content (AvgIpc) is 3.01. The van der Waals surface area contributed by atoms with Crippen molar-refractivity contribution in [3.05, 3.63) is 29.8 Å². The van der Waals surface area contributed by atoms with Crippen LogP contribution in [0.2, 0.25) is 0 Å². The molecule has 1 saturated heterocycles. The van der Waals surface area contributed by atoms with Crippen molar-refractivity contribution < 1.29 is 14.1 Å². The lowest BCUT2D eigenvalue weighted by atomic mass is 9.78. The van der Waals surface area contributed by atoms with E-state index >= 15 is 0 Å². The van der Waals surface area contributed by atoms with Crippen LogP contribution in [-0.4, -0.2) is 30.3 Å². The van der Waals surface area contributed by atoms with E-state index in [1.807, 2.05) is 0 Å². The van der Waals surface area contributed by atoms with Crippen LogP contribution in [0.1, 0.15) is 59.4 Å². The van der Waals surface area contributed by atoms with E-state index in [2.05, 4.69) is 57.3 Å². The molecule has 1 saturated carbocycles. The molecule has 5 heteroatoms. The lowest BCUT2D eigenvalue weighted by Crippen LogP contribution is -2.41. The minimum atomic E-state index is -0.314. The third-order valence-corrected chi connectivity index (χ3v) is 6.05. The monoisotopic (exact) mass is 343 g/mol. The molecule has 0 radical (unpaired) electrons. The summed E-state index contributed by atoms with van der Waals surface area (Å²) in [6.07, 6.45) is 4.48. The normalized spacial score (nSPS) is 27.5. The third-order valence-electron chi connectivity index (χ3n) is 6.05. The van der Waals surface area contributed by atoms with E-state index in [0.717, 1.165) is 18.3 Å². The molecule has 1 aliphatic carbocycles. The Bertz CT molecular complexity index is 610. The van der Waals surface area contributed by atoms with Gasteiger partial charge in [-0.3, -0.25) is 4.79 Å². The Balaban J connectivity index is 1.64. The molecule has 2 aliphatic rings. The van der Waals surface area contributed by atoms with Gasteiger partial charge in [-0.25, -0.2) is 0 Å². The number of rotatable bonds is 4. The van der Waals surface area contributed by atoms with Gasteiger partial charge in [-0.15, -0.1) is 0 Å². The van der Waals surface area contributed by atoms with Crippen molar-refractivity contribution in [1.82, 2.24) is 5.32 Å². The topological polar surface area (TPSA) is 47.6 Å². The molecule has 2 atom stereocenters. The number of carbonyl (C=O) groups is 1. The van der Waals surface area contributed by atoms with Gasteiger partial charge in [0, 0.05) is 13.0 Å². The maximum atomic E-state index is 11.4. The van der Waals surface area contributed by atoms with Gasteiger partial charge in [0.1, 0.15) is 0 Å². The summed E-state index contributed by atoms with van der Waals surface area (Å²) in [6.45, 7) is 9.90. The fourth-order valence-electron chi connectivity index (χ4n) is 3.83. The predicted octanol–water partition coefficient (Wildman–Crippen LogP) is 2.83. The summed E-state index contributed by atoms with van der Waals surface area (Å²) < 4.78 is 12.2. The molecule has 4 nitrogen and oxygen atoms in total. The predicted molar refractivity (Wildman–Crippen MR) is 101 cm³/mol. The summed E-state index contributed by atoms with van der Waals surface area (Å²) >= 11 is 0. The van der Waals surface area contributed by atoms with E-state index in [1.54, 1.807) is 6.92 Å². The van der Waals surface area contributed by atoms with Crippen molar-refractivity contribution in [2.45, 2.75) is 77.5 Å². The quantitative estimate of drug-likeness (QED) is 0.856. The summed E-state index contributed by atoms with van der Waals surface area (Å²) in [5, 5.41) is 3.11. The molecule has 1 heterocycles. The minimum Gasteiger partial charge on any atom is -0.399 e. The second-order valence-electron chi connectivity index (χ2n) is 8.53. The molecule has 1 aromatic rings. The van der Waals surface area contributed by atoms with Crippen LogP contribution in [0.15, 0.2) is 24.3 Å². The molecule has 0 bridgehead atoms. The van der Waals surface area contributed by atoms with Gasteiger partial charge in [0.2, 0.25) is 5.91 Å². The van der Waals surface area contributed by atoms with Gasteiger partial charge >= 0.3 is 7.12 Å². The van der Waals surface area contributed by atoms with Crippen LogP contribution in [0, 0.1) is 5.92 Å². The summed E-state index contributed by atoms with van der Waals surface area (Å²) in [5.74, 6) is 0.611. The van der Waals surface area contributed by atoms with E-state index in [1.165, 1.54) is 18.4 Å². The van der Waals surface area contributed by atoms with Crippen molar-refractivity contribution >= 4 is 18.5 Å². The summed E-state index contributed by atoms with van der Waals surface area (Å²) in [6, 6.07) is 8.88. The van der Waals surface area contributed by atoms with Crippen LogP contribution in [0.4, 0.5) is 0 Å². The number of amides is 1. The Morgan fingerprint density at radius 1 is 1.12 bits per heavy atom. The van der Waals surface area contributed by atoms with E-state index in [0.29, 0.717) is 12.0 Å². The van der Waals surface area contributed by atoms with Gasteiger partial charge in [0.25, 0.3) is 0 Å². The Kier molecular flexibility index (Phi) is 5.00. The fourth-order valence-corrected chi connectivity index (χ4v) is 3.83. The first-order valence-corrected chi connectivity index (χ1v) is 9.39. The van der Waals surface area contributed by atoms with E-state index in [4.69, 9.17) is 9.31 Å². The molecular formula is C20H30BNO3. The summed E-state index contributed by atoms with van der Waals surface area (Å²) in [7, 11) is -0.308. The van der Waals surface area contributed by atoms with Crippen LogP contribution in [-0.2, 0) is 20.5 Å². The smallest absolute Gasteiger partial charge is 0.399 e. The SMILES string of the molecule is CC(=O)NC1CCCC1Cc1ccc(B2OC(C)(C)C(C)(C)O2)cc1. The van der Waals surface area contributed by atoms with E-state index in [-0.39, 0.29) is 24.2 Å². The molecule has 0 spiro atoms. The molecule has 3 rings (SSSR count). The van der Waals surface area contributed by atoms with Crippen LogP contribution < -0.4 is 10.8 Å². The number of nitrogens with one attached hydrogen (secondary N) is 1. The first-order valence-electron chi connectivity index (χ1n) is 9.39. The zero-order chi connectivity index (χ0) is 18.2. The molecular weight excluding hydrogens is 313 g/mol. The summed E-state index contributed by atoms with van der Waals surface area (Å²) in [5.41, 5.74) is 1.74. The molecule has 25 heavy (non-hydrogen) atoms. The van der Waals surface area contributed by atoms with E-state index in [9.17, 15) is 4.79 Å². The molecule has 136 valence electrons. The van der Waals surface area contributed by atoms with Crippen molar-refractivity contribution in [3.8, 4) is 0 Å². The number of benzene rings is 1. The zero-order valence-corrected chi connectivity index (χ0v) is 16.1. The van der Waals surface area contributed by atoms with Gasteiger partial charge in [-0.1, -0.05) is 30.7 Å². The minimum absolute atomic E-state index is 0.0769. The van der Waals surface area contributed by atoms with Crippen LogP contribution in [0.25, 0.3) is 0 Å². The molecule has 1 amide bonds. The van der Waals surface area contributed by atoms with Gasteiger partial charge in [0.05, 0.1) is 11.2 Å². The zero-order valence-electron chi connectivity index (χ0n) is 16.1. The highest BCUT2D eigenvalue weighted by Crippen LogP contribution is 2.36. The van der Waals surface area contributed by atoms with Crippen molar-refractivity contribution in [2.24, 2.45) is 5.92 Å². The highest BCUT2D eigenvalue weighted by molar-refractivity contribution is 6.62. The van der Waals surface area contributed by atoms with Crippen molar-refractivity contribution in [2.75, 3.05) is 0 Å².